The summed E-state index contributed by atoms with van der Waals surface area (Å²) < 4.78 is 41.7. The smallest absolute Gasteiger partial charge is 0.269 e. The first-order chi connectivity index (χ1) is 18.9. The van der Waals surface area contributed by atoms with Crippen molar-refractivity contribution in [3.63, 3.8) is 0 Å². The summed E-state index contributed by atoms with van der Waals surface area (Å²) in [7, 11) is -2.16. The van der Waals surface area contributed by atoms with E-state index in [2.05, 4.69) is 22.1 Å². The Morgan fingerprint density at radius 1 is 1.00 bits per heavy atom. The van der Waals surface area contributed by atoms with Gasteiger partial charge in [-0.2, -0.15) is 0 Å². The Morgan fingerprint density at radius 3 is 2.49 bits per heavy atom. The zero-order valence-corrected chi connectivity index (χ0v) is 23.0. The maximum Gasteiger partial charge on any atom is 0.269 e. The molecule has 2 aromatic carbocycles. The van der Waals surface area contributed by atoms with Gasteiger partial charge in [0.25, 0.3) is 10.0 Å². The molecule has 0 unspecified atom stereocenters. The standard InChI is InChI=1S/C29H31N5O4S/c1-4-21-15-23(38-18-20-7-9-22(37-3)10-8-20)16-25(21)28-32-31-27-17-30-29-26(34(27)28)13-14-33(29)39(35,36)24-11-5-19(2)6-12-24/h5-14,17,21,23,25H,4,15-16,18H2,1-3H3/t21-,23+,25-/m0/s1. The lowest BCUT2D eigenvalue weighted by Crippen LogP contribution is -2.13. The van der Waals surface area contributed by atoms with E-state index in [1.165, 1.54) is 3.97 Å². The Kier molecular flexibility index (Phi) is 6.60. The van der Waals surface area contributed by atoms with Crippen molar-refractivity contribution in [2.45, 2.75) is 56.6 Å². The third-order valence-electron chi connectivity index (χ3n) is 7.79. The van der Waals surface area contributed by atoms with Crippen LogP contribution in [0.2, 0.25) is 0 Å². The maximum absolute atomic E-state index is 13.5. The zero-order valence-electron chi connectivity index (χ0n) is 22.2. The number of methoxy groups -OCH3 is 1. The zero-order chi connectivity index (χ0) is 27.1. The van der Waals surface area contributed by atoms with E-state index in [9.17, 15) is 8.42 Å². The Hall–Kier alpha value is -3.76. The number of benzene rings is 2. The molecule has 1 saturated carbocycles. The van der Waals surface area contributed by atoms with Gasteiger partial charge in [0, 0.05) is 12.1 Å². The summed E-state index contributed by atoms with van der Waals surface area (Å²) in [6.45, 7) is 4.65. The van der Waals surface area contributed by atoms with Crippen molar-refractivity contribution in [2.75, 3.05) is 7.11 Å². The molecule has 0 radical (unpaired) electrons. The Labute approximate surface area is 227 Å². The fourth-order valence-electron chi connectivity index (χ4n) is 5.62. The van der Waals surface area contributed by atoms with Gasteiger partial charge in [0.05, 0.1) is 36.4 Å². The van der Waals surface area contributed by atoms with E-state index in [0.29, 0.717) is 29.3 Å². The molecule has 0 N–H and O–H groups in total. The van der Waals surface area contributed by atoms with Crippen LogP contribution in [0.3, 0.4) is 0 Å². The molecule has 39 heavy (non-hydrogen) atoms. The first kappa shape index (κ1) is 25.5. The van der Waals surface area contributed by atoms with Crippen molar-refractivity contribution < 1.29 is 17.9 Å². The molecular formula is C29H31N5O4S. The molecule has 1 aliphatic carbocycles. The average Bonchev–Trinajstić information content (AvgIpc) is 3.68. The van der Waals surface area contributed by atoms with E-state index < -0.39 is 10.0 Å². The summed E-state index contributed by atoms with van der Waals surface area (Å²) in [4.78, 5) is 4.69. The van der Waals surface area contributed by atoms with Crippen LogP contribution in [0.15, 0.2) is 71.9 Å². The Bertz CT molecular complexity index is 1730. The lowest BCUT2D eigenvalue weighted by molar-refractivity contribution is 0.0422. The van der Waals surface area contributed by atoms with Crippen molar-refractivity contribution in [3.8, 4) is 5.75 Å². The predicted molar refractivity (Wildman–Crippen MR) is 147 cm³/mol. The van der Waals surface area contributed by atoms with Crippen LogP contribution in [-0.2, 0) is 21.4 Å². The summed E-state index contributed by atoms with van der Waals surface area (Å²) >= 11 is 0. The topological polar surface area (TPSA) is 101 Å². The summed E-state index contributed by atoms with van der Waals surface area (Å²) in [5.74, 6) is 2.16. The molecule has 9 nitrogen and oxygen atoms in total. The third-order valence-corrected chi connectivity index (χ3v) is 9.47. The van der Waals surface area contributed by atoms with Crippen molar-refractivity contribution in [3.05, 3.63) is 83.9 Å². The van der Waals surface area contributed by atoms with Crippen LogP contribution >= 0.6 is 0 Å². The molecule has 6 rings (SSSR count). The number of nitrogens with zero attached hydrogens (tertiary/aromatic N) is 5. The van der Waals surface area contributed by atoms with E-state index in [0.717, 1.165) is 42.0 Å². The maximum atomic E-state index is 13.5. The van der Waals surface area contributed by atoms with Gasteiger partial charge in [0.1, 0.15) is 11.6 Å². The second-order valence-electron chi connectivity index (χ2n) is 10.2. The molecule has 0 spiro atoms. The molecule has 3 atom stereocenters. The minimum atomic E-state index is -3.81. The minimum Gasteiger partial charge on any atom is -0.497 e. The molecule has 202 valence electrons. The van der Waals surface area contributed by atoms with Gasteiger partial charge in [-0.1, -0.05) is 43.2 Å². The fourth-order valence-corrected chi connectivity index (χ4v) is 6.92. The first-order valence-electron chi connectivity index (χ1n) is 13.2. The predicted octanol–water partition coefficient (Wildman–Crippen LogP) is 5.12. The van der Waals surface area contributed by atoms with E-state index in [4.69, 9.17) is 9.47 Å². The molecule has 0 aliphatic heterocycles. The van der Waals surface area contributed by atoms with Gasteiger partial charge in [0.15, 0.2) is 11.3 Å². The highest BCUT2D eigenvalue weighted by atomic mass is 32.2. The van der Waals surface area contributed by atoms with Crippen LogP contribution in [0, 0.1) is 12.8 Å². The molecule has 3 heterocycles. The van der Waals surface area contributed by atoms with Crippen molar-refractivity contribution in [1.82, 2.24) is 23.6 Å². The van der Waals surface area contributed by atoms with Gasteiger partial charge in [-0.25, -0.2) is 17.4 Å². The summed E-state index contributed by atoms with van der Waals surface area (Å²) in [5, 5.41) is 8.98. The molecule has 5 aromatic rings. The van der Waals surface area contributed by atoms with Crippen molar-refractivity contribution >= 4 is 26.8 Å². The lowest BCUT2D eigenvalue weighted by atomic mass is 9.93. The van der Waals surface area contributed by atoms with E-state index >= 15 is 0 Å². The van der Waals surface area contributed by atoms with Crippen LogP contribution < -0.4 is 4.74 Å². The summed E-state index contributed by atoms with van der Waals surface area (Å²) in [6.07, 6.45) is 5.98. The first-order valence-corrected chi connectivity index (χ1v) is 14.6. The quantitative estimate of drug-likeness (QED) is 0.267. The molecule has 3 aromatic heterocycles. The Balaban J connectivity index is 1.31. The molecule has 0 bridgehead atoms. The molecule has 0 saturated heterocycles. The van der Waals surface area contributed by atoms with Gasteiger partial charge in [-0.05, 0) is 61.6 Å². The number of rotatable bonds is 8. The molecule has 10 heteroatoms. The normalized spacial score (nSPS) is 19.7. The Morgan fingerprint density at radius 2 is 1.77 bits per heavy atom. The van der Waals surface area contributed by atoms with Crippen LogP contribution in [-0.4, -0.2) is 45.2 Å². The highest BCUT2D eigenvalue weighted by molar-refractivity contribution is 7.90. The van der Waals surface area contributed by atoms with E-state index in [-0.39, 0.29) is 16.9 Å². The molecule has 0 amide bonds. The average molecular weight is 546 g/mol. The highest BCUT2D eigenvalue weighted by Crippen LogP contribution is 2.43. The monoisotopic (exact) mass is 545 g/mol. The number of hydrogen-bond acceptors (Lipinski definition) is 7. The van der Waals surface area contributed by atoms with Gasteiger partial charge in [-0.3, -0.25) is 4.40 Å². The summed E-state index contributed by atoms with van der Waals surface area (Å²) in [6, 6.07) is 16.5. The highest BCUT2D eigenvalue weighted by Gasteiger charge is 2.38. The number of ether oxygens (including phenoxy) is 2. The SMILES string of the molecule is CC[C@H]1C[C@@H](OCc2ccc(OC)cc2)C[C@@H]1c1nnc2cnc3c(ccn3S(=O)(=O)c3ccc(C)cc3)n12. The number of aryl methyl sites for hydroxylation is 1. The molecular weight excluding hydrogens is 514 g/mol. The van der Waals surface area contributed by atoms with Gasteiger partial charge in [0.2, 0.25) is 0 Å². The third kappa shape index (κ3) is 4.57. The molecule has 1 aliphatic rings. The minimum absolute atomic E-state index is 0.0956. The van der Waals surface area contributed by atoms with E-state index in [1.54, 1.807) is 49.8 Å². The van der Waals surface area contributed by atoms with Crippen LogP contribution in [0.5, 0.6) is 5.75 Å². The number of hydrogen-bond donors (Lipinski definition) is 0. The largest absolute Gasteiger partial charge is 0.497 e. The van der Waals surface area contributed by atoms with Crippen molar-refractivity contribution in [1.29, 1.82) is 0 Å². The summed E-state index contributed by atoms with van der Waals surface area (Å²) in [5.41, 5.74) is 3.71. The van der Waals surface area contributed by atoms with Gasteiger partial charge in [-0.15, -0.1) is 10.2 Å². The van der Waals surface area contributed by atoms with E-state index in [1.807, 2.05) is 35.6 Å². The van der Waals surface area contributed by atoms with Crippen molar-refractivity contribution in [2.24, 2.45) is 5.92 Å². The second-order valence-corrected chi connectivity index (χ2v) is 12.0. The molecule has 1 fully saturated rings. The lowest BCUT2D eigenvalue weighted by Gasteiger charge is -2.16. The van der Waals surface area contributed by atoms with Gasteiger partial charge >= 0.3 is 0 Å². The van der Waals surface area contributed by atoms with Gasteiger partial charge < -0.3 is 9.47 Å². The van der Waals surface area contributed by atoms with Crippen LogP contribution in [0.4, 0.5) is 0 Å². The number of aromatic nitrogens is 5. The van der Waals surface area contributed by atoms with Crippen LogP contribution in [0.25, 0.3) is 16.8 Å². The second kappa shape index (κ2) is 10.1. The number of fused-ring (bicyclic) bond motifs is 3. The fraction of sp³-hybridized carbons (Fsp3) is 0.345. The van der Waals surface area contributed by atoms with Crippen LogP contribution in [0.1, 0.15) is 49.1 Å².